The molecule has 4 heterocycles. The Morgan fingerprint density at radius 1 is 1.21 bits per heavy atom. The topological polar surface area (TPSA) is 109 Å². The second-order valence-corrected chi connectivity index (χ2v) is 9.16. The van der Waals surface area contributed by atoms with Gasteiger partial charge in [0, 0.05) is 44.4 Å². The van der Waals surface area contributed by atoms with Crippen molar-refractivity contribution >= 4 is 16.9 Å². The van der Waals surface area contributed by atoms with Gasteiger partial charge in [-0.25, -0.2) is 9.67 Å². The smallest absolute Gasteiger partial charge is 0.261 e. The quantitative estimate of drug-likeness (QED) is 0.459. The highest BCUT2D eigenvalue weighted by atomic mass is 16.3. The van der Waals surface area contributed by atoms with Gasteiger partial charge in [0.25, 0.3) is 5.56 Å². The van der Waals surface area contributed by atoms with E-state index in [4.69, 9.17) is 0 Å². The number of carbonyl (C=O) groups is 1. The number of aromatic nitrogens is 5. The number of fused-ring (bicyclic) bond motifs is 1. The van der Waals surface area contributed by atoms with E-state index >= 15 is 0 Å². The highest BCUT2D eigenvalue weighted by Gasteiger charge is 2.34. The molecule has 0 bridgehead atoms. The Labute approximate surface area is 196 Å². The maximum atomic E-state index is 12.8. The minimum absolute atomic E-state index is 0.106. The third-order valence-corrected chi connectivity index (χ3v) is 6.71. The third kappa shape index (κ3) is 4.38. The minimum Gasteiger partial charge on any atom is -0.389 e. The van der Waals surface area contributed by atoms with Gasteiger partial charge in [-0.2, -0.15) is 5.10 Å². The Bertz CT molecular complexity index is 1350. The fourth-order valence-corrected chi connectivity index (χ4v) is 4.70. The van der Waals surface area contributed by atoms with Crippen LogP contribution in [0.2, 0.25) is 0 Å². The maximum Gasteiger partial charge on any atom is 0.261 e. The SMILES string of the molecule is C[C@H](CC(=O)N1CCC(O)(Cc2cccc(-n3ncc4c(=O)[nH]cnc43)c2)CC1)n1cccc1. The molecule has 3 aromatic heterocycles. The number of H-pyrrole nitrogens is 1. The van der Waals surface area contributed by atoms with Crippen LogP contribution >= 0.6 is 0 Å². The molecule has 9 nitrogen and oxygen atoms in total. The first kappa shape index (κ1) is 22.1. The van der Waals surface area contributed by atoms with Crippen LogP contribution in [-0.2, 0) is 11.2 Å². The molecule has 1 aromatic carbocycles. The van der Waals surface area contributed by atoms with Crippen LogP contribution < -0.4 is 5.56 Å². The maximum absolute atomic E-state index is 12.8. The molecule has 5 rings (SSSR count). The van der Waals surface area contributed by atoms with Crippen molar-refractivity contribution in [2.75, 3.05) is 13.1 Å². The van der Waals surface area contributed by atoms with Crippen LogP contribution in [0.15, 0.2) is 66.1 Å². The summed E-state index contributed by atoms with van der Waals surface area (Å²) in [4.78, 5) is 33.4. The largest absolute Gasteiger partial charge is 0.389 e. The van der Waals surface area contributed by atoms with Gasteiger partial charge in [0.2, 0.25) is 5.91 Å². The fraction of sp³-hybridized carbons (Fsp3) is 0.360. The van der Waals surface area contributed by atoms with Crippen molar-refractivity contribution in [1.29, 1.82) is 0 Å². The summed E-state index contributed by atoms with van der Waals surface area (Å²) in [5, 5.41) is 16.0. The van der Waals surface area contributed by atoms with E-state index in [2.05, 4.69) is 15.1 Å². The molecule has 1 atom stereocenters. The summed E-state index contributed by atoms with van der Waals surface area (Å²) >= 11 is 0. The first-order chi connectivity index (χ1) is 16.4. The number of benzene rings is 1. The Morgan fingerprint density at radius 2 is 1.97 bits per heavy atom. The number of aliphatic hydroxyl groups is 1. The molecule has 2 N–H and O–H groups in total. The third-order valence-electron chi connectivity index (χ3n) is 6.71. The van der Waals surface area contributed by atoms with Crippen LogP contribution in [0.4, 0.5) is 0 Å². The van der Waals surface area contributed by atoms with Crippen LogP contribution in [-0.4, -0.2) is 58.9 Å². The van der Waals surface area contributed by atoms with Gasteiger partial charge in [0.15, 0.2) is 5.65 Å². The number of carbonyl (C=O) groups excluding carboxylic acids is 1. The number of likely N-dealkylation sites (tertiary alicyclic amines) is 1. The molecular formula is C25H28N6O3. The van der Waals surface area contributed by atoms with Gasteiger partial charge in [-0.15, -0.1) is 0 Å². The van der Waals surface area contributed by atoms with Crippen molar-refractivity contribution < 1.29 is 9.90 Å². The zero-order valence-corrected chi connectivity index (χ0v) is 19.1. The van der Waals surface area contributed by atoms with E-state index in [0.29, 0.717) is 49.8 Å². The van der Waals surface area contributed by atoms with Gasteiger partial charge in [-0.3, -0.25) is 9.59 Å². The lowest BCUT2D eigenvalue weighted by atomic mass is 9.85. The Kier molecular flexibility index (Phi) is 5.79. The molecule has 4 aromatic rings. The van der Waals surface area contributed by atoms with Crippen molar-refractivity contribution in [3.8, 4) is 5.69 Å². The zero-order chi connectivity index (χ0) is 23.7. The molecule has 176 valence electrons. The number of amides is 1. The molecule has 0 saturated carbocycles. The van der Waals surface area contributed by atoms with Gasteiger partial charge in [-0.05, 0) is 49.6 Å². The van der Waals surface area contributed by atoms with E-state index in [1.807, 2.05) is 65.2 Å². The number of aromatic amines is 1. The van der Waals surface area contributed by atoms with Crippen LogP contribution in [0.5, 0.6) is 0 Å². The van der Waals surface area contributed by atoms with E-state index < -0.39 is 5.60 Å². The molecule has 1 fully saturated rings. The number of rotatable bonds is 6. The molecule has 1 saturated heterocycles. The van der Waals surface area contributed by atoms with Crippen LogP contribution in [0.3, 0.4) is 0 Å². The number of hydrogen-bond donors (Lipinski definition) is 2. The number of hydrogen-bond acceptors (Lipinski definition) is 5. The molecule has 0 spiro atoms. The lowest BCUT2D eigenvalue weighted by molar-refractivity contribution is -0.136. The van der Waals surface area contributed by atoms with Gasteiger partial charge >= 0.3 is 0 Å². The van der Waals surface area contributed by atoms with E-state index in [1.165, 1.54) is 12.5 Å². The normalized spacial score (nSPS) is 16.6. The summed E-state index contributed by atoms with van der Waals surface area (Å²) in [6, 6.07) is 11.8. The minimum atomic E-state index is -0.872. The first-order valence-corrected chi connectivity index (χ1v) is 11.6. The van der Waals surface area contributed by atoms with Gasteiger partial charge in [0.1, 0.15) is 5.39 Å². The standard InChI is InChI=1S/C25H28N6O3/c1-18(29-9-2-3-10-29)13-22(32)30-11-7-25(34,8-12-30)15-19-5-4-6-20(14-19)31-23-21(16-28-31)24(33)27-17-26-23/h2-6,9-10,14,16-18,34H,7-8,11-13,15H2,1H3,(H,26,27,33)/t18-/m1/s1. The zero-order valence-electron chi connectivity index (χ0n) is 19.1. The van der Waals surface area contributed by atoms with Crippen molar-refractivity contribution in [2.45, 2.75) is 44.2 Å². The molecule has 1 aliphatic rings. The molecule has 0 radical (unpaired) electrons. The summed E-state index contributed by atoms with van der Waals surface area (Å²) in [6.07, 6.45) is 8.81. The lowest BCUT2D eigenvalue weighted by Gasteiger charge is -2.38. The summed E-state index contributed by atoms with van der Waals surface area (Å²) in [7, 11) is 0. The monoisotopic (exact) mass is 460 g/mol. The van der Waals surface area contributed by atoms with Crippen molar-refractivity contribution in [3.63, 3.8) is 0 Å². The lowest BCUT2D eigenvalue weighted by Crippen LogP contribution is -2.48. The number of piperidine rings is 1. The van der Waals surface area contributed by atoms with Gasteiger partial charge < -0.3 is 19.6 Å². The van der Waals surface area contributed by atoms with Crippen LogP contribution in [0.1, 0.15) is 37.8 Å². The summed E-state index contributed by atoms with van der Waals surface area (Å²) in [5.74, 6) is 0.123. The van der Waals surface area contributed by atoms with Crippen molar-refractivity contribution in [1.82, 2.24) is 29.2 Å². The second-order valence-electron chi connectivity index (χ2n) is 9.16. The van der Waals surface area contributed by atoms with Crippen molar-refractivity contribution in [2.24, 2.45) is 0 Å². The van der Waals surface area contributed by atoms with E-state index in [1.54, 1.807) is 4.68 Å². The van der Waals surface area contributed by atoms with E-state index in [0.717, 1.165) is 11.3 Å². The second kappa shape index (κ2) is 8.90. The highest BCUT2D eigenvalue weighted by Crippen LogP contribution is 2.28. The van der Waals surface area contributed by atoms with E-state index in [9.17, 15) is 14.7 Å². The average molecular weight is 461 g/mol. The van der Waals surface area contributed by atoms with Crippen LogP contribution in [0, 0.1) is 0 Å². The Balaban J connectivity index is 1.24. The number of nitrogens with one attached hydrogen (secondary N) is 1. The van der Waals surface area contributed by atoms with E-state index in [-0.39, 0.29) is 17.5 Å². The number of nitrogens with zero attached hydrogens (tertiary/aromatic N) is 5. The summed E-state index contributed by atoms with van der Waals surface area (Å²) < 4.78 is 3.67. The summed E-state index contributed by atoms with van der Waals surface area (Å²) in [6.45, 7) is 3.13. The van der Waals surface area contributed by atoms with Crippen molar-refractivity contribution in [3.05, 3.63) is 77.2 Å². The highest BCUT2D eigenvalue weighted by molar-refractivity contribution is 5.77. The summed E-state index contributed by atoms with van der Waals surface area (Å²) in [5.41, 5.74) is 1.13. The molecule has 1 amide bonds. The molecule has 9 heteroatoms. The molecule has 34 heavy (non-hydrogen) atoms. The predicted octanol–water partition coefficient (Wildman–Crippen LogP) is 2.46. The fourth-order valence-electron chi connectivity index (χ4n) is 4.70. The van der Waals surface area contributed by atoms with Gasteiger partial charge in [-0.1, -0.05) is 12.1 Å². The Morgan fingerprint density at radius 3 is 2.74 bits per heavy atom. The van der Waals surface area contributed by atoms with Crippen LogP contribution in [0.25, 0.3) is 16.7 Å². The van der Waals surface area contributed by atoms with Gasteiger partial charge in [0.05, 0.1) is 23.8 Å². The molecular weight excluding hydrogens is 432 g/mol. The predicted molar refractivity (Wildman–Crippen MR) is 128 cm³/mol. The molecule has 0 unspecified atom stereocenters. The molecule has 1 aliphatic heterocycles. The Hall–Kier alpha value is -3.72. The molecule has 0 aliphatic carbocycles. The first-order valence-electron chi connectivity index (χ1n) is 11.6. The average Bonchev–Trinajstić information content (AvgIpc) is 3.51.